The molecule has 42 heavy (non-hydrogen) atoms. The lowest BCUT2D eigenvalue weighted by molar-refractivity contribution is -0.126. The third kappa shape index (κ3) is 4.56. The Kier molecular flexibility index (Phi) is 6.22. The first-order valence-electron chi connectivity index (χ1n) is 13.8. The number of anilines is 3. The van der Waals surface area contributed by atoms with E-state index in [1.807, 2.05) is 53.8 Å². The monoisotopic (exact) mass is 564 g/mol. The van der Waals surface area contributed by atoms with E-state index in [1.165, 1.54) is 18.5 Å². The minimum atomic E-state index is -0.489. The molecule has 0 saturated carbocycles. The molecule has 0 unspecified atom stereocenters. The molecule has 3 aromatic heterocycles. The summed E-state index contributed by atoms with van der Waals surface area (Å²) >= 11 is 0. The van der Waals surface area contributed by atoms with Gasteiger partial charge in [0.15, 0.2) is 5.82 Å². The maximum Gasteiger partial charge on any atom is 0.246 e. The van der Waals surface area contributed by atoms with Crippen molar-refractivity contribution in [3.63, 3.8) is 0 Å². The van der Waals surface area contributed by atoms with Crippen LogP contribution in [0.4, 0.5) is 21.7 Å². The van der Waals surface area contributed by atoms with Gasteiger partial charge >= 0.3 is 0 Å². The molecule has 5 aromatic rings. The summed E-state index contributed by atoms with van der Waals surface area (Å²) in [7, 11) is 1.93. The number of imidazole rings is 1. The van der Waals surface area contributed by atoms with Crippen molar-refractivity contribution in [2.45, 2.75) is 19.4 Å². The van der Waals surface area contributed by atoms with Crippen molar-refractivity contribution in [1.29, 1.82) is 0 Å². The maximum absolute atomic E-state index is 15.4. The lowest BCUT2D eigenvalue weighted by Gasteiger charge is -2.33. The van der Waals surface area contributed by atoms with E-state index < -0.39 is 5.82 Å². The summed E-state index contributed by atoms with van der Waals surface area (Å²) in [5.41, 5.74) is 3.95. The van der Waals surface area contributed by atoms with Gasteiger partial charge in [-0.05, 0) is 61.2 Å². The van der Waals surface area contributed by atoms with E-state index in [2.05, 4.69) is 31.7 Å². The Balaban J connectivity index is 1.14. The highest BCUT2D eigenvalue weighted by molar-refractivity contribution is 5.89. The lowest BCUT2D eigenvalue weighted by atomic mass is 10.00. The number of hydrogen-bond donors (Lipinski definition) is 1. The van der Waals surface area contributed by atoms with Crippen LogP contribution in [0.3, 0.4) is 0 Å². The topological polar surface area (TPSA) is 101 Å². The van der Waals surface area contributed by atoms with Gasteiger partial charge in [-0.3, -0.25) is 4.79 Å². The summed E-state index contributed by atoms with van der Waals surface area (Å²) in [4.78, 5) is 34.4. The number of aromatic nitrogens is 5. The van der Waals surface area contributed by atoms with Gasteiger partial charge < -0.3 is 24.4 Å². The van der Waals surface area contributed by atoms with Crippen molar-refractivity contribution in [3.8, 4) is 11.5 Å². The number of rotatable bonds is 6. The van der Waals surface area contributed by atoms with Crippen molar-refractivity contribution < 1.29 is 13.9 Å². The summed E-state index contributed by atoms with van der Waals surface area (Å²) in [6.45, 7) is 7.72. The number of fused-ring (bicyclic) bond motifs is 4. The molecule has 2 bridgehead atoms. The second-order valence-electron chi connectivity index (χ2n) is 10.9. The zero-order valence-electron chi connectivity index (χ0n) is 23.3. The van der Waals surface area contributed by atoms with Gasteiger partial charge in [0.2, 0.25) is 5.91 Å². The minimum absolute atomic E-state index is 0.0290. The van der Waals surface area contributed by atoms with Crippen molar-refractivity contribution in [2.75, 3.05) is 29.9 Å². The number of benzene rings is 2. The van der Waals surface area contributed by atoms with Crippen molar-refractivity contribution in [2.24, 2.45) is 13.0 Å². The first-order chi connectivity index (χ1) is 20.4. The molecule has 0 radical (unpaired) electrons. The third-order valence-electron chi connectivity index (χ3n) is 8.10. The highest BCUT2D eigenvalue weighted by atomic mass is 19.1. The Morgan fingerprint density at radius 1 is 1.10 bits per heavy atom. The van der Waals surface area contributed by atoms with E-state index in [0.717, 1.165) is 41.9 Å². The fourth-order valence-corrected chi connectivity index (χ4v) is 6.03. The van der Waals surface area contributed by atoms with Crippen LogP contribution in [0.25, 0.3) is 22.1 Å². The van der Waals surface area contributed by atoms with E-state index in [1.54, 1.807) is 12.4 Å². The molecule has 0 aliphatic carbocycles. The van der Waals surface area contributed by atoms with Gasteiger partial charge in [-0.1, -0.05) is 6.58 Å². The fraction of sp³-hybridized carbons (Fsp3) is 0.258. The number of nitrogens with zero attached hydrogens (tertiary/aromatic N) is 7. The average molecular weight is 565 g/mol. The van der Waals surface area contributed by atoms with Crippen LogP contribution in [0.2, 0.25) is 0 Å². The first-order valence-corrected chi connectivity index (χ1v) is 13.8. The largest absolute Gasteiger partial charge is 0.457 e. The first kappa shape index (κ1) is 25.9. The molecule has 11 heteroatoms. The zero-order chi connectivity index (χ0) is 29.0. The van der Waals surface area contributed by atoms with Crippen molar-refractivity contribution in [1.82, 2.24) is 29.4 Å². The third-order valence-corrected chi connectivity index (χ3v) is 8.10. The molecule has 0 spiro atoms. The predicted molar refractivity (Wildman–Crippen MR) is 159 cm³/mol. The van der Waals surface area contributed by atoms with E-state index in [-0.39, 0.29) is 17.6 Å². The second-order valence-corrected chi connectivity index (χ2v) is 10.9. The summed E-state index contributed by atoms with van der Waals surface area (Å²) in [5, 5.41) is 3.12. The van der Waals surface area contributed by atoms with Crippen LogP contribution in [0.15, 0.2) is 67.8 Å². The van der Waals surface area contributed by atoms with Crippen LogP contribution in [0, 0.1) is 18.7 Å². The van der Waals surface area contributed by atoms with Crippen LogP contribution < -0.4 is 15.0 Å². The molecule has 5 heterocycles. The second kappa shape index (κ2) is 10.1. The number of amides is 1. The standard InChI is InChI=1S/C31H29FN8O2/c1-4-29(41)40-14-19-10-20(40)15-39(13-19)28-8-6-23-30(37-28)31(34-16-33-23)36-24-9-18(2)27(12-22(24)32)42-21-5-7-26-25(11-21)35-17-38(26)3/h4-9,11-12,16-17,19-20H,1,10,13-15H2,2-3H3,(H,33,34,36)/t19-,20+/m1/s1. The Labute approximate surface area is 241 Å². The molecule has 2 aromatic carbocycles. The highest BCUT2D eigenvalue weighted by Gasteiger charge is 2.40. The number of piperidine rings is 1. The van der Waals surface area contributed by atoms with Crippen LogP contribution in [0.1, 0.15) is 12.0 Å². The molecular weight excluding hydrogens is 535 g/mol. The number of ether oxygens (including phenoxy) is 1. The molecule has 1 amide bonds. The smallest absolute Gasteiger partial charge is 0.246 e. The summed E-state index contributed by atoms with van der Waals surface area (Å²) in [6, 6.07) is 12.6. The summed E-state index contributed by atoms with van der Waals surface area (Å²) < 4.78 is 23.4. The Morgan fingerprint density at radius 3 is 2.83 bits per heavy atom. The minimum Gasteiger partial charge on any atom is -0.457 e. The number of carbonyl (C=O) groups excluding carboxylic acids is 1. The van der Waals surface area contributed by atoms with E-state index in [0.29, 0.717) is 40.8 Å². The molecule has 212 valence electrons. The van der Waals surface area contributed by atoms with Gasteiger partial charge in [0.25, 0.3) is 0 Å². The Morgan fingerprint density at radius 2 is 1.98 bits per heavy atom. The molecule has 7 rings (SSSR count). The van der Waals surface area contributed by atoms with Gasteiger partial charge in [-0.15, -0.1) is 0 Å². The summed E-state index contributed by atoms with van der Waals surface area (Å²) in [6.07, 6.45) is 5.54. The predicted octanol–water partition coefficient (Wildman–Crippen LogP) is 5.12. The maximum atomic E-state index is 15.4. The SMILES string of the molecule is C=CC(=O)N1C[C@@H]2C[C@H]1CN(c1ccc3ncnc(Nc4cc(C)c(Oc5ccc6c(c5)ncn6C)cc4F)c3n1)C2. The molecule has 2 saturated heterocycles. The average Bonchev–Trinajstić information content (AvgIpc) is 3.52. The van der Waals surface area contributed by atoms with Crippen LogP contribution in [-0.4, -0.2) is 61.0 Å². The normalized spacial score (nSPS) is 18.1. The number of pyridine rings is 1. The van der Waals surface area contributed by atoms with Gasteiger partial charge in [-0.2, -0.15) is 0 Å². The van der Waals surface area contributed by atoms with Gasteiger partial charge in [0, 0.05) is 44.9 Å². The van der Waals surface area contributed by atoms with Gasteiger partial charge in [0.05, 0.1) is 28.6 Å². The van der Waals surface area contributed by atoms with E-state index in [4.69, 9.17) is 9.72 Å². The van der Waals surface area contributed by atoms with Gasteiger partial charge in [-0.25, -0.2) is 24.3 Å². The zero-order valence-corrected chi connectivity index (χ0v) is 23.3. The fourth-order valence-electron chi connectivity index (χ4n) is 6.03. The highest BCUT2D eigenvalue weighted by Crippen LogP contribution is 2.35. The Hall–Kier alpha value is -5.06. The summed E-state index contributed by atoms with van der Waals surface area (Å²) in [5.74, 6) is 2.01. The lowest BCUT2D eigenvalue weighted by Crippen LogP contribution is -2.44. The molecule has 2 aliphatic rings. The Bertz CT molecular complexity index is 1870. The van der Waals surface area contributed by atoms with Crippen LogP contribution >= 0.6 is 0 Å². The number of nitrogens with one attached hydrogen (secondary N) is 1. The van der Waals surface area contributed by atoms with E-state index in [9.17, 15) is 4.79 Å². The van der Waals surface area contributed by atoms with Crippen molar-refractivity contribution >= 4 is 45.3 Å². The number of likely N-dealkylation sites (tertiary alicyclic amines) is 1. The van der Waals surface area contributed by atoms with Crippen molar-refractivity contribution in [3.05, 3.63) is 79.2 Å². The quantitative estimate of drug-likeness (QED) is 0.284. The number of carbonyl (C=O) groups is 1. The number of aryl methyl sites for hydroxylation is 2. The van der Waals surface area contributed by atoms with Crippen LogP contribution in [-0.2, 0) is 11.8 Å². The van der Waals surface area contributed by atoms with E-state index >= 15 is 4.39 Å². The molecule has 1 N–H and O–H groups in total. The molecule has 2 fully saturated rings. The number of halogens is 1. The van der Waals surface area contributed by atoms with Gasteiger partial charge in [0.1, 0.15) is 35.0 Å². The molecule has 2 atom stereocenters. The molecular formula is C31H29FN8O2. The molecule has 2 aliphatic heterocycles. The number of hydrogen-bond acceptors (Lipinski definition) is 8. The van der Waals surface area contributed by atoms with Crippen LogP contribution in [0.5, 0.6) is 11.5 Å². The molecule has 10 nitrogen and oxygen atoms in total.